The van der Waals surface area contributed by atoms with Gasteiger partial charge in [-0.25, -0.2) is 4.39 Å². The highest BCUT2D eigenvalue weighted by Gasteiger charge is 2.31. The lowest BCUT2D eigenvalue weighted by atomic mass is 10.2. The molecule has 0 saturated heterocycles. The van der Waals surface area contributed by atoms with Crippen molar-refractivity contribution in [2.75, 3.05) is 37.3 Å². The van der Waals surface area contributed by atoms with Gasteiger partial charge < -0.3 is 16.2 Å². The van der Waals surface area contributed by atoms with E-state index in [1.165, 1.54) is 6.07 Å². The van der Waals surface area contributed by atoms with Crippen molar-refractivity contribution in [2.24, 2.45) is 0 Å². The zero-order valence-corrected chi connectivity index (χ0v) is 11.0. The predicted molar refractivity (Wildman–Crippen MR) is 69.0 cm³/mol. The number of nitrogens with zero attached hydrogens (tertiary/aromatic N) is 1. The molecule has 0 atom stereocenters. The van der Waals surface area contributed by atoms with Crippen molar-refractivity contribution in [3.8, 4) is 0 Å². The number of amides is 1. The van der Waals surface area contributed by atoms with Gasteiger partial charge in [0.1, 0.15) is 5.82 Å². The van der Waals surface area contributed by atoms with Crippen molar-refractivity contribution in [3.63, 3.8) is 0 Å². The summed E-state index contributed by atoms with van der Waals surface area (Å²) in [6.07, 6.45) is -4.50. The molecule has 0 aliphatic heterocycles. The topological polar surface area (TPSA) is 78.6 Å². The average molecular weight is 309 g/mol. The minimum Gasteiger partial charge on any atom is -0.399 e. The van der Waals surface area contributed by atoms with E-state index in [4.69, 9.17) is 10.8 Å². The number of nitrogens with one attached hydrogen (secondary N) is 1. The number of alkyl halides is 3. The van der Waals surface area contributed by atoms with E-state index in [0.717, 1.165) is 12.1 Å². The van der Waals surface area contributed by atoms with E-state index in [-0.39, 0.29) is 17.9 Å². The standard InChI is InChI=1S/C12H15F4N3O2/c13-9-2-1-8(17)5-10(9)18-11(21)6-19(3-4-20)7-12(14,15)16/h1-2,5,20H,3-4,6-7,17H2,(H,18,21). The molecule has 1 amide bonds. The van der Waals surface area contributed by atoms with Crippen molar-refractivity contribution in [1.29, 1.82) is 0 Å². The molecule has 0 unspecified atom stereocenters. The van der Waals surface area contributed by atoms with Crippen LogP contribution in [0.4, 0.5) is 28.9 Å². The summed E-state index contributed by atoms with van der Waals surface area (Å²) in [4.78, 5) is 12.3. The fraction of sp³-hybridized carbons (Fsp3) is 0.417. The number of aliphatic hydroxyl groups is 1. The maximum absolute atomic E-state index is 13.4. The molecule has 0 saturated carbocycles. The van der Waals surface area contributed by atoms with E-state index < -0.39 is 37.6 Å². The molecule has 1 rings (SSSR count). The van der Waals surface area contributed by atoms with E-state index in [1.807, 2.05) is 0 Å². The number of benzene rings is 1. The number of anilines is 2. The van der Waals surface area contributed by atoms with Crippen LogP contribution in [-0.2, 0) is 4.79 Å². The Balaban J connectivity index is 2.67. The second-order valence-electron chi connectivity index (χ2n) is 4.34. The van der Waals surface area contributed by atoms with Crippen molar-refractivity contribution >= 4 is 17.3 Å². The van der Waals surface area contributed by atoms with Crippen LogP contribution in [0.2, 0.25) is 0 Å². The van der Waals surface area contributed by atoms with Crippen molar-refractivity contribution < 1.29 is 27.5 Å². The smallest absolute Gasteiger partial charge is 0.399 e. The molecule has 21 heavy (non-hydrogen) atoms. The quantitative estimate of drug-likeness (QED) is 0.545. The molecule has 0 radical (unpaired) electrons. The Morgan fingerprint density at radius 3 is 2.62 bits per heavy atom. The molecule has 118 valence electrons. The maximum atomic E-state index is 13.4. The number of halogens is 4. The maximum Gasteiger partial charge on any atom is 0.401 e. The van der Waals surface area contributed by atoms with E-state index in [1.54, 1.807) is 0 Å². The van der Waals surface area contributed by atoms with Gasteiger partial charge in [-0.15, -0.1) is 0 Å². The van der Waals surface area contributed by atoms with Crippen LogP contribution in [-0.4, -0.2) is 48.3 Å². The SMILES string of the molecule is Nc1ccc(F)c(NC(=O)CN(CCO)CC(F)(F)F)c1. The van der Waals surface area contributed by atoms with Gasteiger partial charge in [-0.3, -0.25) is 9.69 Å². The Bertz CT molecular complexity index is 494. The number of nitrogens with two attached hydrogens (primary N) is 1. The third kappa shape index (κ3) is 6.41. The van der Waals surface area contributed by atoms with E-state index in [2.05, 4.69) is 5.32 Å². The molecule has 0 spiro atoms. The molecule has 0 fully saturated rings. The van der Waals surface area contributed by atoms with Crippen LogP contribution >= 0.6 is 0 Å². The van der Waals surface area contributed by atoms with Crippen LogP contribution in [0.25, 0.3) is 0 Å². The molecule has 0 aliphatic rings. The second kappa shape index (κ2) is 7.23. The van der Waals surface area contributed by atoms with Gasteiger partial charge in [-0.05, 0) is 18.2 Å². The van der Waals surface area contributed by atoms with Gasteiger partial charge in [0.15, 0.2) is 0 Å². The summed E-state index contributed by atoms with van der Waals surface area (Å²) in [7, 11) is 0. The number of carbonyl (C=O) groups excluding carboxylic acids is 1. The molecular formula is C12H15F4N3O2. The van der Waals surface area contributed by atoms with Gasteiger partial charge in [0.2, 0.25) is 5.91 Å². The van der Waals surface area contributed by atoms with E-state index in [9.17, 15) is 22.4 Å². The van der Waals surface area contributed by atoms with Crippen LogP contribution in [0, 0.1) is 5.82 Å². The molecule has 0 aliphatic carbocycles. The number of aliphatic hydroxyl groups excluding tert-OH is 1. The fourth-order valence-corrected chi connectivity index (χ4v) is 1.64. The first-order valence-corrected chi connectivity index (χ1v) is 5.96. The van der Waals surface area contributed by atoms with Crippen molar-refractivity contribution in [3.05, 3.63) is 24.0 Å². The lowest BCUT2D eigenvalue weighted by molar-refractivity contribution is -0.148. The van der Waals surface area contributed by atoms with Gasteiger partial charge in [0, 0.05) is 12.2 Å². The van der Waals surface area contributed by atoms with Gasteiger partial charge in [-0.2, -0.15) is 13.2 Å². The summed E-state index contributed by atoms with van der Waals surface area (Å²) >= 11 is 0. The number of hydrogen-bond acceptors (Lipinski definition) is 4. The monoisotopic (exact) mass is 309 g/mol. The summed E-state index contributed by atoms with van der Waals surface area (Å²) in [6.45, 7) is -2.84. The summed E-state index contributed by atoms with van der Waals surface area (Å²) in [5.41, 5.74) is 5.42. The Hall–Kier alpha value is -1.87. The molecule has 1 aromatic carbocycles. The summed E-state index contributed by atoms with van der Waals surface area (Å²) in [5.74, 6) is -1.58. The van der Waals surface area contributed by atoms with Crippen LogP contribution in [0.3, 0.4) is 0 Å². The average Bonchev–Trinajstić information content (AvgIpc) is 2.32. The van der Waals surface area contributed by atoms with Gasteiger partial charge in [0.05, 0.1) is 25.4 Å². The summed E-state index contributed by atoms with van der Waals surface area (Å²) in [6, 6.07) is 3.48. The molecule has 0 aromatic heterocycles. The molecule has 5 nitrogen and oxygen atoms in total. The molecule has 0 bridgehead atoms. The Kier molecular flexibility index (Phi) is 5.91. The highest BCUT2D eigenvalue weighted by atomic mass is 19.4. The fourth-order valence-electron chi connectivity index (χ4n) is 1.64. The number of hydrogen-bond donors (Lipinski definition) is 3. The van der Waals surface area contributed by atoms with E-state index >= 15 is 0 Å². The molecule has 9 heteroatoms. The predicted octanol–water partition coefficient (Wildman–Crippen LogP) is 1.20. The lowest BCUT2D eigenvalue weighted by Crippen LogP contribution is -2.41. The number of nitrogen functional groups attached to an aromatic ring is 1. The zero-order chi connectivity index (χ0) is 16.0. The first kappa shape index (κ1) is 17.2. The zero-order valence-electron chi connectivity index (χ0n) is 11.0. The third-order valence-corrected chi connectivity index (χ3v) is 2.45. The Labute approximate surface area is 118 Å². The van der Waals surface area contributed by atoms with Crippen LogP contribution < -0.4 is 11.1 Å². The molecule has 4 N–H and O–H groups in total. The third-order valence-electron chi connectivity index (χ3n) is 2.45. The molecule has 0 heterocycles. The summed E-state index contributed by atoms with van der Waals surface area (Å²) < 4.78 is 50.3. The largest absolute Gasteiger partial charge is 0.401 e. The van der Waals surface area contributed by atoms with Crippen molar-refractivity contribution in [2.45, 2.75) is 6.18 Å². The molecular weight excluding hydrogens is 294 g/mol. The molecule has 1 aromatic rings. The minimum absolute atomic E-state index is 0.203. The first-order chi connectivity index (χ1) is 9.71. The van der Waals surface area contributed by atoms with Crippen LogP contribution in [0.15, 0.2) is 18.2 Å². The highest BCUT2D eigenvalue weighted by molar-refractivity contribution is 5.92. The number of carbonyl (C=O) groups is 1. The van der Waals surface area contributed by atoms with E-state index in [0.29, 0.717) is 4.90 Å². The van der Waals surface area contributed by atoms with Gasteiger partial charge in [0.25, 0.3) is 0 Å². The van der Waals surface area contributed by atoms with Crippen LogP contribution in [0.1, 0.15) is 0 Å². The highest BCUT2D eigenvalue weighted by Crippen LogP contribution is 2.18. The number of rotatable bonds is 6. The normalized spacial score (nSPS) is 11.7. The van der Waals surface area contributed by atoms with Gasteiger partial charge in [-0.1, -0.05) is 0 Å². The summed E-state index contributed by atoms with van der Waals surface area (Å²) in [5, 5.41) is 10.8. The second-order valence-corrected chi connectivity index (χ2v) is 4.34. The Morgan fingerprint density at radius 1 is 1.38 bits per heavy atom. The Morgan fingerprint density at radius 2 is 2.05 bits per heavy atom. The van der Waals surface area contributed by atoms with Gasteiger partial charge >= 0.3 is 6.18 Å². The first-order valence-electron chi connectivity index (χ1n) is 5.96. The van der Waals surface area contributed by atoms with Crippen LogP contribution in [0.5, 0.6) is 0 Å². The lowest BCUT2D eigenvalue weighted by Gasteiger charge is -2.22. The minimum atomic E-state index is -4.50. The van der Waals surface area contributed by atoms with Crippen molar-refractivity contribution in [1.82, 2.24) is 4.90 Å².